The summed E-state index contributed by atoms with van der Waals surface area (Å²) in [7, 11) is 0. The first-order valence-corrected chi connectivity index (χ1v) is 7.62. The van der Waals surface area contributed by atoms with Crippen LogP contribution in [-0.4, -0.2) is 23.0 Å². The minimum absolute atomic E-state index is 0.119. The summed E-state index contributed by atoms with van der Waals surface area (Å²) < 4.78 is 0.892. The van der Waals surface area contributed by atoms with Crippen LogP contribution in [0.25, 0.3) is 6.08 Å². The van der Waals surface area contributed by atoms with Crippen molar-refractivity contribution in [1.82, 2.24) is 5.32 Å². The monoisotopic (exact) mass is 353 g/mol. The first-order valence-electron chi connectivity index (χ1n) is 6.82. The normalized spacial score (nSPS) is 13.9. The molecular weight excluding hydrogens is 334 g/mol. The number of rotatable bonds is 6. The van der Waals surface area contributed by atoms with Crippen molar-refractivity contribution in [3.05, 3.63) is 39.9 Å². The van der Waals surface area contributed by atoms with Crippen LogP contribution in [0.4, 0.5) is 0 Å². The first kappa shape index (κ1) is 17.4. The minimum Gasteiger partial charge on any atom is -0.480 e. The van der Waals surface area contributed by atoms with Crippen LogP contribution in [0, 0.1) is 12.8 Å². The van der Waals surface area contributed by atoms with Crippen LogP contribution in [0.5, 0.6) is 0 Å². The van der Waals surface area contributed by atoms with E-state index in [1.54, 1.807) is 13.0 Å². The number of carbonyl (C=O) groups excluding carboxylic acids is 1. The third-order valence-electron chi connectivity index (χ3n) is 3.35. The van der Waals surface area contributed by atoms with Gasteiger partial charge in [-0.2, -0.15) is 0 Å². The van der Waals surface area contributed by atoms with Gasteiger partial charge in [0.15, 0.2) is 0 Å². The van der Waals surface area contributed by atoms with Crippen LogP contribution in [0.3, 0.4) is 0 Å². The van der Waals surface area contributed by atoms with Gasteiger partial charge in [0.1, 0.15) is 6.04 Å². The molecule has 2 atom stereocenters. The standard InChI is InChI=1S/C16H20BrNO3/c1-4-11(3)15(16(20)21)18-14(19)8-7-12-6-5-10(2)9-13(12)17/h5-9,11,15H,4H2,1-3H3,(H,18,19)(H,20,21)/b8-7+. The topological polar surface area (TPSA) is 66.4 Å². The predicted molar refractivity (Wildman–Crippen MR) is 86.9 cm³/mol. The lowest BCUT2D eigenvalue weighted by Gasteiger charge is -2.19. The lowest BCUT2D eigenvalue weighted by molar-refractivity contribution is -0.142. The number of carboxylic acid groups (broad SMARTS) is 1. The van der Waals surface area contributed by atoms with Gasteiger partial charge in [0, 0.05) is 10.5 Å². The molecule has 0 bridgehead atoms. The van der Waals surface area contributed by atoms with Crippen molar-refractivity contribution < 1.29 is 14.7 Å². The van der Waals surface area contributed by atoms with E-state index in [1.165, 1.54) is 6.08 Å². The molecule has 1 aromatic rings. The Morgan fingerprint density at radius 3 is 2.62 bits per heavy atom. The van der Waals surface area contributed by atoms with E-state index in [0.717, 1.165) is 15.6 Å². The lowest BCUT2D eigenvalue weighted by Crippen LogP contribution is -2.44. The number of benzene rings is 1. The van der Waals surface area contributed by atoms with Crippen LogP contribution in [0.1, 0.15) is 31.4 Å². The van der Waals surface area contributed by atoms with Crippen molar-refractivity contribution in [2.24, 2.45) is 5.92 Å². The molecule has 0 radical (unpaired) electrons. The summed E-state index contributed by atoms with van der Waals surface area (Å²) in [4.78, 5) is 23.0. The van der Waals surface area contributed by atoms with Gasteiger partial charge in [0.05, 0.1) is 0 Å². The van der Waals surface area contributed by atoms with Gasteiger partial charge in [-0.3, -0.25) is 4.79 Å². The largest absolute Gasteiger partial charge is 0.480 e. The third kappa shape index (κ3) is 5.34. The van der Waals surface area contributed by atoms with E-state index in [-0.39, 0.29) is 5.92 Å². The Balaban J connectivity index is 2.76. The molecule has 0 heterocycles. The molecule has 0 aliphatic heterocycles. The van der Waals surface area contributed by atoms with Crippen molar-refractivity contribution in [2.75, 3.05) is 0 Å². The van der Waals surface area contributed by atoms with E-state index >= 15 is 0 Å². The second-order valence-electron chi connectivity index (χ2n) is 5.07. The Kier molecular flexibility index (Phi) is 6.62. The van der Waals surface area contributed by atoms with Gasteiger partial charge in [0.2, 0.25) is 5.91 Å². The number of nitrogens with one attached hydrogen (secondary N) is 1. The molecule has 0 aromatic heterocycles. The van der Waals surface area contributed by atoms with E-state index in [2.05, 4.69) is 21.2 Å². The zero-order valence-corrected chi connectivity index (χ0v) is 14.0. The van der Waals surface area contributed by atoms with Crippen molar-refractivity contribution >= 4 is 33.9 Å². The Morgan fingerprint density at radius 1 is 1.43 bits per heavy atom. The average Bonchev–Trinajstić information content (AvgIpc) is 2.42. The predicted octanol–water partition coefficient (Wildman–Crippen LogP) is 3.39. The lowest BCUT2D eigenvalue weighted by atomic mass is 9.99. The van der Waals surface area contributed by atoms with E-state index in [4.69, 9.17) is 5.11 Å². The highest BCUT2D eigenvalue weighted by Gasteiger charge is 2.24. The fourth-order valence-corrected chi connectivity index (χ4v) is 2.44. The van der Waals surface area contributed by atoms with Crippen molar-refractivity contribution in [1.29, 1.82) is 0 Å². The molecule has 1 aromatic carbocycles. The number of amides is 1. The molecule has 1 rings (SSSR count). The van der Waals surface area contributed by atoms with Crippen molar-refractivity contribution in [2.45, 2.75) is 33.2 Å². The maximum absolute atomic E-state index is 11.9. The van der Waals surface area contributed by atoms with Gasteiger partial charge in [-0.1, -0.05) is 48.3 Å². The molecule has 0 aliphatic carbocycles. The fraction of sp³-hybridized carbons (Fsp3) is 0.375. The van der Waals surface area contributed by atoms with E-state index in [9.17, 15) is 9.59 Å². The highest BCUT2D eigenvalue weighted by atomic mass is 79.9. The molecule has 1 amide bonds. The maximum Gasteiger partial charge on any atom is 0.326 e. The number of aryl methyl sites for hydroxylation is 1. The molecule has 2 N–H and O–H groups in total. The SMILES string of the molecule is CCC(C)C(NC(=O)/C=C/c1ccc(C)cc1Br)C(=O)O. The molecule has 4 nitrogen and oxygen atoms in total. The summed E-state index contributed by atoms with van der Waals surface area (Å²) in [6.07, 6.45) is 3.70. The summed E-state index contributed by atoms with van der Waals surface area (Å²) in [5.74, 6) is -1.54. The molecule has 0 saturated carbocycles. The molecule has 114 valence electrons. The highest BCUT2D eigenvalue weighted by molar-refractivity contribution is 9.10. The van der Waals surface area contributed by atoms with Crippen molar-refractivity contribution in [3.8, 4) is 0 Å². The second kappa shape index (κ2) is 7.98. The van der Waals surface area contributed by atoms with E-state index in [1.807, 2.05) is 32.0 Å². The van der Waals surface area contributed by atoms with Crippen LogP contribution >= 0.6 is 15.9 Å². The van der Waals surface area contributed by atoms with E-state index < -0.39 is 17.9 Å². The zero-order chi connectivity index (χ0) is 16.0. The summed E-state index contributed by atoms with van der Waals surface area (Å²) in [6.45, 7) is 5.68. The van der Waals surface area contributed by atoms with Gasteiger partial charge < -0.3 is 10.4 Å². The number of hydrogen-bond acceptors (Lipinski definition) is 2. The van der Waals surface area contributed by atoms with Gasteiger partial charge in [-0.25, -0.2) is 4.79 Å². The van der Waals surface area contributed by atoms with Crippen LogP contribution in [0.15, 0.2) is 28.7 Å². The first-order chi connectivity index (χ1) is 9.85. The smallest absolute Gasteiger partial charge is 0.326 e. The Morgan fingerprint density at radius 2 is 2.10 bits per heavy atom. The van der Waals surface area contributed by atoms with Gasteiger partial charge >= 0.3 is 5.97 Å². The van der Waals surface area contributed by atoms with Gasteiger partial charge in [-0.05, 0) is 36.1 Å². The number of hydrogen-bond donors (Lipinski definition) is 2. The molecule has 2 unspecified atom stereocenters. The Hall–Kier alpha value is -1.62. The van der Waals surface area contributed by atoms with Crippen molar-refractivity contribution in [3.63, 3.8) is 0 Å². The summed E-state index contributed by atoms with van der Waals surface area (Å²) in [5, 5.41) is 11.7. The Bertz CT molecular complexity index is 554. The summed E-state index contributed by atoms with van der Waals surface area (Å²) in [5.41, 5.74) is 1.98. The highest BCUT2D eigenvalue weighted by Crippen LogP contribution is 2.19. The number of aliphatic carboxylic acids is 1. The molecule has 0 spiro atoms. The average molecular weight is 354 g/mol. The van der Waals surface area contributed by atoms with E-state index in [0.29, 0.717) is 6.42 Å². The number of carbonyl (C=O) groups is 2. The maximum atomic E-state index is 11.9. The second-order valence-corrected chi connectivity index (χ2v) is 5.92. The van der Waals surface area contributed by atoms with Crippen LogP contribution in [0.2, 0.25) is 0 Å². The van der Waals surface area contributed by atoms with Gasteiger partial charge in [0.25, 0.3) is 0 Å². The number of halogens is 1. The van der Waals surface area contributed by atoms with Crippen LogP contribution < -0.4 is 5.32 Å². The molecule has 0 aliphatic rings. The van der Waals surface area contributed by atoms with Gasteiger partial charge in [-0.15, -0.1) is 0 Å². The van der Waals surface area contributed by atoms with Crippen LogP contribution in [-0.2, 0) is 9.59 Å². The molecule has 0 fully saturated rings. The fourth-order valence-electron chi connectivity index (χ4n) is 1.82. The Labute approximate surface area is 133 Å². The summed E-state index contributed by atoms with van der Waals surface area (Å²) >= 11 is 3.43. The molecule has 21 heavy (non-hydrogen) atoms. The molecular formula is C16H20BrNO3. The third-order valence-corrected chi connectivity index (χ3v) is 4.03. The minimum atomic E-state index is -1.01. The molecule has 5 heteroatoms. The molecule has 0 saturated heterocycles. The quantitative estimate of drug-likeness (QED) is 0.770. The zero-order valence-electron chi connectivity index (χ0n) is 12.4. The summed E-state index contributed by atoms with van der Waals surface area (Å²) in [6, 6.07) is 4.93. The number of carboxylic acids is 1.